The molecule has 0 saturated carbocycles. The summed E-state index contributed by atoms with van der Waals surface area (Å²) >= 11 is 0. The number of carbonyl (C=O) groups is 1. The summed E-state index contributed by atoms with van der Waals surface area (Å²) in [5, 5.41) is -0.774. The number of hydrogen-bond donors (Lipinski definition) is 0. The van der Waals surface area contributed by atoms with Gasteiger partial charge in [0.2, 0.25) is 0 Å². The van der Waals surface area contributed by atoms with Crippen molar-refractivity contribution in [2.75, 3.05) is 21.3 Å². The van der Waals surface area contributed by atoms with Gasteiger partial charge in [-0.25, -0.2) is 0 Å². The van der Waals surface area contributed by atoms with Crippen LogP contribution >= 0.6 is 16.1 Å². The molecule has 15 heavy (non-hydrogen) atoms. The molecule has 0 aromatic heterocycles. The molecule has 0 aromatic rings. The minimum absolute atomic E-state index is 0.0377. The van der Waals surface area contributed by atoms with Crippen LogP contribution in [0.1, 0.15) is 12.8 Å². The van der Waals surface area contributed by atoms with Crippen LogP contribution < -0.4 is 0 Å². The van der Waals surface area contributed by atoms with E-state index in [1.165, 1.54) is 21.3 Å². The number of esters is 1. The van der Waals surface area contributed by atoms with Crippen molar-refractivity contribution in [2.45, 2.75) is 18.2 Å². The third kappa shape index (κ3) is 5.28. The van der Waals surface area contributed by atoms with E-state index in [4.69, 9.17) is 0 Å². The lowest BCUT2D eigenvalue weighted by Crippen LogP contribution is -2.06. The molecule has 8 heteroatoms. The summed E-state index contributed by atoms with van der Waals surface area (Å²) in [5.41, 5.74) is 0. The summed E-state index contributed by atoms with van der Waals surface area (Å²) in [5.74, 6) is -0.445. The molecule has 0 heterocycles. The molecule has 0 amide bonds. The van der Waals surface area contributed by atoms with Crippen molar-refractivity contribution < 1.29 is 27.7 Å². The predicted octanol–water partition coefficient (Wildman–Crippen LogP) is 2.04. The molecule has 0 N–H and O–H groups in total. The van der Waals surface area contributed by atoms with Gasteiger partial charge in [0, 0.05) is 0 Å². The van der Waals surface area contributed by atoms with Gasteiger partial charge in [-0.1, -0.05) is 0 Å². The van der Waals surface area contributed by atoms with E-state index in [0.29, 0.717) is 0 Å². The molecule has 0 spiro atoms. The molecular formula is C7H14O6P2+2. The van der Waals surface area contributed by atoms with E-state index < -0.39 is 27.4 Å². The molecule has 0 aliphatic rings. The van der Waals surface area contributed by atoms with Gasteiger partial charge in [0.05, 0.1) is 34.2 Å². The van der Waals surface area contributed by atoms with Crippen LogP contribution in [0.5, 0.6) is 0 Å². The lowest BCUT2D eigenvalue weighted by atomic mass is 10.3. The Bertz CT molecular complexity index is 238. The van der Waals surface area contributed by atoms with Gasteiger partial charge in [-0.3, -0.25) is 4.79 Å². The fraction of sp³-hybridized carbons (Fsp3) is 0.857. The van der Waals surface area contributed by atoms with Crippen LogP contribution in [0.25, 0.3) is 0 Å². The second-order valence-electron chi connectivity index (χ2n) is 2.53. The van der Waals surface area contributed by atoms with Crippen LogP contribution in [-0.2, 0) is 27.7 Å². The standard InChI is InChI=1S/C7H14O6P2/c1-11-6(8)4-5-7(14(9)12-2)15(10)13-3/h7H,4-5H2,1-3H3/q+2. The minimum atomic E-state index is -2.09. The van der Waals surface area contributed by atoms with E-state index in [0.717, 1.165) is 0 Å². The molecule has 0 rings (SSSR count). The Labute approximate surface area is 90.0 Å². The second-order valence-corrected chi connectivity index (χ2v) is 6.06. The highest BCUT2D eigenvalue weighted by molar-refractivity contribution is 7.58. The van der Waals surface area contributed by atoms with E-state index in [1.54, 1.807) is 0 Å². The van der Waals surface area contributed by atoms with Crippen molar-refractivity contribution in [3.8, 4) is 0 Å². The quantitative estimate of drug-likeness (QED) is 0.512. The summed E-state index contributed by atoms with van der Waals surface area (Å²) in [6, 6.07) is 0. The number of rotatable bonds is 7. The SMILES string of the molecule is COC(=O)CCC([P+](=O)OC)[P+](=O)OC. The summed E-state index contributed by atoms with van der Waals surface area (Å²) in [6.45, 7) is 0. The van der Waals surface area contributed by atoms with E-state index in [-0.39, 0.29) is 12.8 Å². The van der Waals surface area contributed by atoms with Gasteiger partial charge in [0.1, 0.15) is 0 Å². The summed E-state index contributed by atoms with van der Waals surface area (Å²) in [6.07, 6.45) is 0.189. The largest absolute Gasteiger partial charge is 0.566 e. The molecular weight excluding hydrogens is 242 g/mol. The molecule has 0 aromatic carbocycles. The van der Waals surface area contributed by atoms with Crippen LogP contribution in [0.3, 0.4) is 0 Å². The molecule has 0 aliphatic heterocycles. The van der Waals surface area contributed by atoms with Crippen LogP contribution in [-0.4, -0.2) is 32.7 Å². The Morgan fingerprint density at radius 1 is 1.13 bits per heavy atom. The van der Waals surface area contributed by atoms with Crippen molar-refractivity contribution in [3.05, 3.63) is 0 Å². The molecule has 0 saturated heterocycles. The molecule has 0 radical (unpaired) electrons. The van der Waals surface area contributed by atoms with Crippen LogP contribution in [0, 0.1) is 0 Å². The lowest BCUT2D eigenvalue weighted by molar-refractivity contribution is -0.140. The van der Waals surface area contributed by atoms with Gasteiger partial charge in [0.15, 0.2) is 0 Å². The molecule has 6 nitrogen and oxygen atoms in total. The maximum absolute atomic E-state index is 11.3. The van der Waals surface area contributed by atoms with Crippen molar-refractivity contribution >= 4 is 22.0 Å². The van der Waals surface area contributed by atoms with Gasteiger partial charge in [-0.15, -0.1) is 9.05 Å². The zero-order valence-corrected chi connectivity index (χ0v) is 10.6. The maximum atomic E-state index is 11.3. The average molecular weight is 256 g/mol. The molecule has 0 aliphatic carbocycles. The van der Waals surface area contributed by atoms with Gasteiger partial charge >= 0.3 is 27.4 Å². The molecule has 2 unspecified atom stereocenters. The highest BCUT2D eigenvalue weighted by Crippen LogP contribution is 2.47. The summed E-state index contributed by atoms with van der Waals surface area (Å²) < 4.78 is 36.3. The average Bonchev–Trinajstić information content (AvgIpc) is 2.27. The van der Waals surface area contributed by atoms with E-state index in [9.17, 15) is 13.9 Å². The third-order valence-electron chi connectivity index (χ3n) is 1.68. The molecule has 86 valence electrons. The summed E-state index contributed by atoms with van der Waals surface area (Å²) in [4.78, 5) is 10.8. The van der Waals surface area contributed by atoms with Gasteiger partial charge in [-0.05, 0) is 9.13 Å². The highest BCUT2D eigenvalue weighted by Gasteiger charge is 2.50. The predicted molar refractivity (Wildman–Crippen MR) is 54.3 cm³/mol. The van der Waals surface area contributed by atoms with E-state index in [2.05, 4.69) is 13.8 Å². The first-order valence-electron chi connectivity index (χ1n) is 4.14. The second kappa shape index (κ2) is 7.83. The molecule has 0 fully saturated rings. The third-order valence-corrected chi connectivity index (χ3v) is 5.02. The number of methoxy groups -OCH3 is 1. The fourth-order valence-corrected chi connectivity index (χ4v) is 3.23. The number of hydrogen-bond acceptors (Lipinski definition) is 6. The van der Waals surface area contributed by atoms with Crippen molar-refractivity contribution in [2.24, 2.45) is 0 Å². The smallest absolute Gasteiger partial charge is 0.469 e. The maximum Gasteiger partial charge on any atom is 0.566 e. The Hall–Kier alpha value is -0.410. The Morgan fingerprint density at radius 2 is 1.60 bits per heavy atom. The summed E-state index contributed by atoms with van der Waals surface area (Å²) in [7, 11) is -0.419. The highest BCUT2D eigenvalue weighted by atomic mass is 31.2. The van der Waals surface area contributed by atoms with Gasteiger partial charge in [0.25, 0.3) is 0 Å². The lowest BCUT2D eigenvalue weighted by Gasteiger charge is -1.95. The van der Waals surface area contributed by atoms with Crippen LogP contribution in [0.2, 0.25) is 0 Å². The Balaban J connectivity index is 4.32. The van der Waals surface area contributed by atoms with Crippen molar-refractivity contribution in [3.63, 3.8) is 0 Å². The van der Waals surface area contributed by atoms with Crippen LogP contribution in [0.15, 0.2) is 0 Å². The first kappa shape index (κ1) is 14.6. The number of ether oxygens (including phenoxy) is 1. The van der Waals surface area contributed by atoms with Crippen molar-refractivity contribution in [1.82, 2.24) is 0 Å². The van der Waals surface area contributed by atoms with Gasteiger partial charge < -0.3 is 4.74 Å². The number of carbonyl (C=O) groups excluding carboxylic acids is 1. The fourth-order valence-electron chi connectivity index (χ4n) is 0.880. The van der Waals surface area contributed by atoms with Crippen molar-refractivity contribution in [1.29, 1.82) is 0 Å². The first-order valence-corrected chi connectivity index (χ1v) is 6.63. The molecule has 0 bridgehead atoms. The monoisotopic (exact) mass is 256 g/mol. The van der Waals surface area contributed by atoms with Gasteiger partial charge in [-0.2, -0.15) is 0 Å². The normalized spacial score (nSPS) is 14.3. The Morgan fingerprint density at radius 3 is 1.93 bits per heavy atom. The minimum Gasteiger partial charge on any atom is -0.469 e. The van der Waals surface area contributed by atoms with E-state index >= 15 is 0 Å². The first-order chi connectivity index (χ1) is 7.06. The van der Waals surface area contributed by atoms with E-state index in [1.807, 2.05) is 0 Å². The zero-order valence-electron chi connectivity index (χ0n) is 8.84. The topological polar surface area (TPSA) is 78.9 Å². The Kier molecular flexibility index (Phi) is 7.61. The van der Waals surface area contributed by atoms with Crippen LogP contribution in [0.4, 0.5) is 0 Å². The zero-order chi connectivity index (χ0) is 11.8. The molecule has 2 atom stereocenters.